The first kappa shape index (κ1) is 23.1. The van der Waals surface area contributed by atoms with Crippen molar-refractivity contribution >= 4 is 52.3 Å². The van der Waals surface area contributed by atoms with Crippen LogP contribution in [-0.2, 0) is 9.59 Å². The van der Waals surface area contributed by atoms with Gasteiger partial charge in [0.05, 0.1) is 10.6 Å². The number of carbonyl (C=O) groups excluding carboxylic acids is 3. The Hall–Kier alpha value is -2.57. The lowest BCUT2D eigenvalue weighted by Gasteiger charge is -2.21. The summed E-state index contributed by atoms with van der Waals surface area (Å²) in [6.07, 6.45) is 1.81. The Morgan fingerprint density at radius 2 is 1.90 bits per heavy atom. The Morgan fingerprint density at radius 3 is 2.55 bits per heavy atom. The predicted octanol–water partition coefficient (Wildman–Crippen LogP) is 4.90. The molecule has 1 aliphatic rings. The average Bonchev–Trinajstić information content (AvgIpc) is 3.13. The van der Waals surface area contributed by atoms with E-state index in [9.17, 15) is 14.4 Å². The molecule has 8 heteroatoms. The fourth-order valence-electron chi connectivity index (χ4n) is 3.51. The van der Waals surface area contributed by atoms with Gasteiger partial charge in [0.2, 0.25) is 11.8 Å². The highest BCUT2D eigenvalue weighted by Crippen LogP contribution is 2.25. The molecular weight excluding hydrogens is 437 g/mol. The number of benzene rings is 2. The fourth-order valence-corrected chi connectivity index (χ4v) is 4.01. The van der Waals surface area contributed by atoms with Gasteiger partial charge in [0.1, 0.15) is 6.04 Å². The quantitative estimate of drug-likeness (QED) is 0.614. The van der Waals surface area contributed by atoms with E-state index in [1.807, 2.05) is 19.9 Å². The SMILES string of the molecule is CC(C)CC(NC(=O)c1ccc(Cl)cc1Cl)C(=O)Nc1cccc(N2CCCC2=O)c1. The molecule has 0 saturated carbocycles. The topological polar surface area (TPSA) is 78.5 Å². The van der Waals surface area contributed by atoms with Gasteiger partial charge in [0.25, 0.3) is 5.91 Å². The maximum absolute atomic E-state index is 13.0. The monoisotopic (exact) mass is 461 g/mol. The molecule has 1 fully saturated rings. The second-order valence-corrected chi connectivity index (χ2v) is 8.81. The Bertz CT molecular complexity index is 994. The number of halogens is 2. The highest BCUT2D eigenvalue weighted by Gasteiger charge is 2.25. The summed E-state index contributed by atoms with van der Waals surface area (Å²) in [5.41, 5.74) is 1.56. The molecule has 0 spiro atoms. The third-order valence-corrected chi connectivity index (χ3v) is 5.55. The molecule has 1 atom stereocenters. The molecular formula is C23H25Cl2N3O3. The van der Waals surface area contributed by atoms with Crippen LogP contribution >= 0.6 is 23.2 Å². The van der Waals surface area contributed by atoms with Crippen LogP contribution in [0.1, 0.15) is 43.5 Å². The largest absolute Gasteiger partial charge is 0.340 e. The second-order valence-electron chi connectivity index (χ2n) is 7.97. The van der Waals surface area contributed by atoms with Crippen molar-refractivity contribution in [2.75, 3.05) is 16.8 Å². The van der Waals surface area contributed by atoms with E-state index in [0.29, 0.717) is 30.1 Å². The lowest BCUT2D eigenvalue weighted by Crippen LogP contribution is -2.44. The van der Waals surface area contributed by atoms with Crippen LogP contribution in [-0.4, -0.2) is 30.3 Å². The Kier molecular flexibility index (Phi) is 7.57. The predicted molar refractivity (Wildman–Crippen MR) is 124 cm³/mol. The molecule has 164 valence electrons. The summed E-state index contributed by atoms with van der Waals surface area (Å²) in [6.45, 7) is 4.62. The van der Waals surface area contributed by atoms with Crippen molar-refractivity contribution < 1.29 is 14.4 Å². The average molecular weight is 462 g/mol. The minimum atomic E-state index is -0.753. The molecule has 31 heavy (non-hydrogen) atoms. The molecule has 6 nitrogen and oxygen atoms in total. The number of carbonyl (C=O) groups is 3. The molecule has 2 aromatic rings. The number of amides is 3. The lowest BCUT2D eigenvalue weighted by molar-refractivity contribution is -0.118. The maximum atomic E-state index is 13.0. The molecule has 0 radical (unpaired) electrons. The van der Waals surface area contributed by atoms with Gasteiger partial charge in [-0.3, -0.25) is 14.4 Å². The van der Waals surface area contributed by atoms with E-state index in [4.69, 9.17) is 23.2 Å². The summed E-state index contributed by atoms with van der Waals surface area (Å²) < 4.78 is 0. The second kappa shape index (κ2) is 10.2. The van der Waals surface area contributed by atoms with Crippen LogP contribution < -0.4 is 15.5 Å². The van der Waals surface area contributed by atoms with E-state index in [-0.39, 0.29) is 28.3 Å². The number of nitrogens with zero attached hydrogens (tertiary/aromatic N) is 1. The van der Waals surface area contributed by atoms with Gasteiger partial charge in [-0.15, -0.1) is 0 Å². The lowest BCUT2D eigenvalue weighted by atomic mass is 10.0. The minimum Gasteiger partial charge on any atom is -0.340 e. The van der Waals surface area contributed by atoms with Gasteiger partial charge < -0.3 is 15.5 Å². The van der Waals surface area contributed by atoms with E-state index in [2.05, 4.69) is 10.6 Å². The molecule has 1 saturated heterocycles. The Morgan fingerprint density at radius 1 is 1.13 bits per heavy atom. The summed E-state index contributed by atoms with van der Waals surface area (Å²) >= 11 is 12.0. The molecule has 0 aromatic heterocycles. The van der Waals surface area contributed by atoms with Crippen LogP contribution in [0, 0.1) is 5.92 Å². The van der Waals surface area contributed by atoms with Gasteiger partial charge in [-0.05, 0) is 55.2 Å². The summed E-state index contributed by atoms with van der Waals surface area (Å²) in [6, 6.07) is 11.0. The molecule has 0 aliphatic carbocycles. The van der Waals surface area contributed by atoms with Gasteiger partial charge in [0, 0.05) is 29.4 Å². The van der Waals surface area contributed by atoms with E-state index >= 15 is 0 Å². The molecule has 3 amide bonds. The number of rotatable bonds is 7. The van der Waals surface area contributed by atoms with Crippen molar-refractivity contribution in [3.8, 4) is 0 Å². The normalized spacial score (nSPS) is 14.6. The molecule has 3 rings (SSSR count). The first-order chi connectivity index (χ1) is 14.7. The zero-order valence-corrected chi connectivity index (χ0v) is 19.0. The standard InChI is InChI=1S/C23H25Cl2N3O3/c1-14(2)11-20(27-22(30)18-9-8-15(24)12-19(18)25)23(31)26-16-5-3-6-17(13-16)28-10-4-7-21(28)29/h3,5-6,8-9,12-14,20H,4,7,10-11H2,1-2H3,(H,26,31)(H,27,30). The van der Waals surface area contributed by atoms with Crippen LogP contribution in [0.15, 0.2) is 42.5 Å². The first-order valence-corrected chi connectivity index (χ1v) is 11.0. The Balaban J connectivity index is 1.74. The fraction of sp³-hybridized carbons (Fsp3) is 0.348. The van der Waals surface area contributed by atoms with E-state index in [1.54, 1.807) is 29.2 Å². The van der Waals surface area contributed by atoms with Crippen LogP contribution in [0.4, 0.5) is 11.4 Å². The molecule has 1 unspecified atom stereocenters. The number of anilines is 2. The number of hydrogen-bond donors (Lipinski definition) is 2. The molecule has 1 aliphatic heterocycles. The zero-order valence-electron chi connectivity index (χ0n) is 17.5. The van der Waals surface area contributed by atoms with Gasteiger partial charge in [-0.2, -0.15) is 0 Å². The minimum absolute atomic E-state index is 0.0771. The van der Waals surface area contributed by atoms with Crippen LogP contribution in [0.2, 0.25) is 10.0 Å². The van der Waals surface area contributed by atoms with Gasteiger partial charge >= 0.3 is 0 Å². The van der Waals surface area contributed by atoms with Gasteiger partial charge in [0.15, 0.2) is 0 Å². The van der Waals surface area contributed by atoms with Crippen molar-refractivity contribution in [3.63, 3.8) is 0 Å². The van der Waals surface area contributed by atoms with Crippen molar-refractivity contribution in [2.24, 2.45) is 5.92 Å². The highest BCUT2D eigenvalue weighted by atomic mass is 35.5. The Labute approximate surface area is 191 Å². The van der Waals surface area contributed by atoms with E-state index < -0.39 is 11.9 Å². The summed E-state index contributed by atoms with van der Waals surface area (Å²) in [7, 11) is 0. The van der Waals surface area contributed by atoms with Crippen molar-refractivity contribution in [2.45, 2.75) is 39.2 Å². The smallest absolute Gasteiger partial charge is 0.253 e. The zero-order chi connectivity index (χ0) is 22.5. The van der Waals surface area contributed by atoms with Crippen LogP contribution in [0.25, 0.3) is 0 Å². The third kappa shape index (κ3) is 5.99. The van der Waals surface area contributed by atoms with Crippen LogP contribution in [0.5, 0.6) is 0 Å². The number of nitrogens with one attached hydrogen (secondary N) is 2. The molecule has 1 heterocycles. The van der Waals surface area contributed by atoms with Crippen molar-refractivity contribution in [1.29, 1.82) is 0 Å². The highest BCUT2D eigenvalue weighted by molar-refractivity contribution is 6.36. The van der Waals surface area contributed by atoms with Crippen molar-refractivity contribution in [1.82, 2.24) is 5.32 Å². The van der Waals surface area contributed by atoms with Crippen molar-refractivity contribution in [3.05, 3.63) is 58.1 Å². The number of hydrogen-bond acceptors (Lipinski definition) is 3. The van der Waals surface area contributed by atoms with Crippen LogP contribution in [0.3, 0.4) is 0 Å². The third-order valence-electron chi connectivity index (χ3n) is 5.00. The molecule has 2 aromatic carbocycles. The van der Waals surface area contributed by atoms with E-state index in [1.165, 1.54) is 12.1 Å². The van der Waals surface area contributed by atoms with E-state index in [0.717, 1.165) is 12.1 Å². The first-order valence-electron chi connectivity index (χ1n) is 10.2. The van der Waals surface area contributed by atoms with Gasteiger partial charge in [-0.1, -0.05) is 43.1 Å². The summed E-state index contributed by atoms with van der Waals surface area (Å²) in [5.74, 6) is -0.533. The van der Waals surface area contributed by atoms with Gasteiger partial charge in [-0.25, -0.2) is 0 Å². The summed E-state index contributed by atoms with van der Waals surface area (Å²) in [5, 5.41) is 6.28. The maximum Gasteiger partial charge on any atom is 0.253 e. The molecule has 2 N–H and O–H groups in total. The molecule has 0 bridgehead atoms. The summed E-state index contributed by atoms with van der Waals surface area (Å²) in [4.78, 5) is 39.4.